The maximum atomic E-state index is 9.39. The number of rotatable bonds is 6. The fraction of sp³-hybridized carbons (Fsp3) is 0.250. The molecule has 3 N–H and O–H groups in total. The van der Waals surface area contributed by atoms with Gasteiger partial charge in [-0.05, 0) is 29.8 Å². The smallest absolute Gasteiger partial charge is 0.123 e. The first-order valence-corrected chi connectivity index (χ1v) is 6.48. The van der Waals surface area contributed by atoms with Crippen LogP contribution < -0.4 is 15.2 Å². The molecule has 0 saturated carbocycles. The van der Waals surface area contributed by atoms with Crippen LogP contribution in [0.1, 0.15) is 11.5 Å². The molecule has 0 aliphatic carbocycles. The van der Waals surface area contributed by atoms with Crippen molar-refractivity contribution in [2.75, 3.05) is 20.3 Å². The van der Waals surface area contributed by atoms with Gasteiger partial charge in [0.15, 0.2) is 0 Å². The molecular formula is C16H19NO3. The number of nitrogens with two attached hydrogens (primary N) is 1. The summed E-state index contributed by atoms with van der Waals surface area (Å²) in [5, 5.41) is 9.39. The molecule has 0 aromatic heterocycles. The lowest BCUT2D eigenvalue weighted by Gasteiger charge is -2.16. The summed E-state index contributed by atoms with van der Waals surface area (Å²) in [4.78, 5) is 0. The maximum absolute atomic E-state index is 9.39. The molecule has 0 saturated heterocycles. The van der Waals surface area contributed by atoms with E-state index < -0.39 is 0 Å². The Hall–Kier alpha value is -2.20. The second-order valence-corrected chi connectivity index (χ2v) is 4.51. The van der Waals surface area contributed by atoms with E-state index in [1.165, 1.54) is 0 Å². The second kappa shape index (κ2) is 6.82. The molecule has 0 spiro atoms. The number of phenolic OH excluding ortho intramolecular Hbond substituents is 1. The highest BCUT2D eigenvalue weighted by Gasteiger charge is 2.11. The molecule has 0 aliphatic heterocycles. The van der Waals surface area contributed by atoms with Gasteiger partial charge in [-0.15, -0.1) is 0 Å². The molecule has 0 bridgehead atoms. The molecule has 0 radical (unpaired) electrons. The van der Waals surface area contributed by atoms with Gasteiger partial charge in [-0.25, -0.2) is 0 Å². The number of phenols is 1. The molecule has 1 atom stereocenters. The molecule has 2 rings (SSSR count). The van der Waals surface area contributed by atoms with Crippen molar-refractivity contribution < 1.29 is 14.6 Å². The van der Waals surface area contributed by atoms with Gasteiger partial charge in [0.25, 0.3) is 0 Å². The minimum Gasteiger partial charge on any atom is -0.508 e. The van der Waals surface area contributed by atoms with Crippen LogP contribution in [0, 0.1) is 0 Å². The van der Waals surface area contributed by atoms with Crippen molar-refractivity contribution >= 4 is 0 Å². The van der Waals surface area contributed by atoms with Gasteiger partial charge in [-0.2, -0.15) is 0 Å². The van der Waals surface area contributed by atoms with Gasteiger partial charge in [0.2, 0.25) is 0 Å². The fourth-order valence-electron chi connectivity index (χ4n) is 1.95. The van der Waals surface area contributed by atoms with E-state index in [0.29, 0.717) is 18.9 Å². The number of benzene rings is 2. The minimum absolute atomic E-state index is 0.100. The van der Waals surface area contributed by atoms with Crippen molar-refractivity contribution in [2.24, 2.45) is 5.73 Å². The van der Waals surface area contributed by atoms with Crippen LogP contribution in [0.25, 0.3) is 0 Å². The van der Waals surface area contributed by atoms with Crippen molar-refractivity contribution in [1.82, 2.24) is 0 Å². The normalized spacial score (nSPS) is 11.9. The first-order chi connectivity index (χ1) is 9.72. The predicted octanol–water partition coefficient (Wildman–Crippen LogP) is 2.52. The number of aromatic hydroxyl groups is 1. The summed E-state index contributed by atoms with van der Waals surface area (Å²) in [5.41, 5.74) is 6.91. The Morgan fingerprint density at radius 3 is 2.45 bits per heavy atom. The van der Waals surface area contributed by atoms with Crippen molar-refractivity contribution in [3.05, 3.63) is 54.1 Å². The first kappa shape index (κ1) is 14.2. The number of methoxy groups -OCH3 is 1. The van der Waals surface area contributed by atoms with Crippen LogP contribution in [-0.4, -0.2) is 25.4 Å². The van der Waals surface area contributed by atoms with Crippen molar-refractivity contribution in [3.63, 3.8) is 0 Å². The van der Waals surface area contributed by atoms with Crippen molar-refractivity contribution in [1.29, 1.82) is 0 Å². The van der Waals surface area contributed by atoms with E-state index in [2.05, 4.69) is 0 Å². The highest BCUT2D eigenvalue weighted by Crippen LogP contribution is 2.22. The molecule has 20 heavy (non-hydrogen) atoms. The summed E-state index contributed by atoms with van der Waals surface area (Å²) in [7, 11) is 1.64. The van der Waals surface area contributed by atoms with Gasteiger partial charge in [-0.1, -0.05) is 18.2 Å². The molecular weight excluding hydrogens is 254 g/mol. The van der Waals surface area contributed by atoms with E-state index in [-0.39, 0.29) is 11.7 Å². The third-order valence-electron chi connectivity index (χ3n) is 3.14. The molecule has 0 aliphatic rings. The molecule has 2 aromatic carbocycles. The Kier molecular flexibility index (Phi) is 4.85. The van der Waals surface area contributed by atoms with Crippen LogP contribution in [0.4, 0.5) is 0 Å². The summed E-state index contributed by atoms with van der Waals surface area (Å²) >= 11 is 0. The lowest BCUT2D eigenvalue weighted by atomic mass is 10.0. The van der Waals surface area contributed by atoms with E-state index in [9.17, 15) is 5.11 Å². The Morgan fingerprint density at radius 1 is 1.10 bits per heavy atom. The third-order valence-corrected chi connectivity index (χ3v) is 3.14. The van der Waals surface area contributed by atoms with Crippen molar-refractivity contribution in [3.8, 4) is 17.2 Å². The van der Waals surface area contributed by atoms with Crippen molar-refractivity contribution in [2.45, 2.75) is 5.92 Å². The Balaban J connectivity index is 2.01. The third kappa shape index (κ3) is 3.65. The molecule has 0 fully saturated rings. The van der Waals surface area contributed by atoms with Gasteiger partial charge in [-0.3, -0.25) is 0 Å². The van der Waals surface area contributed by atoms with Gasteiger partial charge < -0.3 is 20.3 Å². The quantitative estimate of drug-likeness (QED) is 0.849. The molecule has 4 nitrogen and oxygen atoms in total. The van der Waals surface area contributed by atoms with Crippen LogP contribution in [0.2, 0.25) is 0 Å². The van der Waals surface area contributed by atoms with E-state index in [1.807, 2.05) is 24.3 Å². The molecule has 4 heteroatoms. The fourth-order valence-corrected chi connectivity index (χ4v) is 1.95. The summed E-state index contributed by atoms with van der Waals surface area (Å²) in [6.45, 7) is 0.956. The SMILES string of the molecule is COc1ccc(C(CN)COc2cccc(O)c2)cc1. The number of ether oxygens (including phenoxy) is 2. The summed E-state index contributed by atoms with van der Waals surface area (Å²) in [6.07, 6.45) is 0. The standard InChI is InChI=1S/C16H19NO3/c1-19-15-7-5-12(6-8-15)13(10-17)11-20-16-4-2-3-14(18)9-16/h2-9,13,18H,10-11,17H2,1H3. The molecule has 0 heterocycles. The highest BCUT2D eigenvalue weighted by molar-refractivity contribution is 5.32. The average molecular weight is 273 g/mol. The van der Waals surface area contributed by atoms with E-state index in [0.717, 1.165) is 11.3 Å². The maximum Gasteiger partial charge on any atom is 0.123 e. The predicted molar refractivity (Wildman–Crippen MR) is 78.4 cm³/mol. The molecule has 2 aromatic rings. The van der Waals surface area contributed by atoms with E-state index >= 15 is 0 Å². The lowest BCUT2D eigenvalue weighted by Crippen LogP contribution is -2.19. The molecule has 0 amide bonds. The topological polar surface area (TPSA) is 64.7 Å². The Labute approximate surface area is 118 Å². The lowest BCUT2D eigenvalue weighted by molar-refractivity contribution is 0.289. The van der Waals surface area contributed by atoms with Gasteiger partial charge in [0, 0.05) is 18.5 Å². The van der Waals surface area contributed by atoms with E-state index in [1.54, 1.807) is 31.4 Å². The average Bonchev–Trinajstić information content (AvgIpc) is 2.48. The van der Waals surface area contributed by atoms with Crippen LogP contribution in [0.5, 0.6) is 17.2 Å². The molecule has 1 unspecified atom stereocenters. The van der Waals surface area contributed by atoms with Gasteiger partial charge in [0.1, 0.15) is 17.2 Å². The monoisotopic (exact) mass is 273 g/mol. The minimum atomic E-state index is 0.100. The van der Waals surface area contributed by atoms with Crippen LogP contribution in [0.3, 0.4) is 0 Å². The summed E-state index contributed by atoms with van der Waals surface area (Å²) < 4.78 is 10.8. The van der Waals surface area contributed by atoms with Gasteiger partial charge >= 0.3 is 0 Å². The Morgan fingerprint density at radius 2 is 1.85 bits per heavy atom. The first-order valence-electron chi connectivity index (χ1n) is 6.48. The highest BCUT2D eigenvalue weighted by atomic mass is 16.5. The summed E-state index contributed by atoms with van der Waals surface area (Å²) in [5.74, 6) is 1.75. The van der Waals surface area contributed by atoms with Crippen LogP contribution in [0.15, 0.2) is 48.5 Å². The van der Waals surface area contributed by atoms with Gasteiger partial charge in [0.05, 0.1) is 13.7 Å². The zero-order valence-corrected chi connectivity index (χ0v) is 11.5. The Bertz CT molecular complexity index is 540. The number of hydrogen-bond acceptors (Lipinski definition) is 4. The second-order valence-electron chi connectivity index (χ2n) is 4.51. The number of hydrogen-bond donors (Lipinski definition) is 2. The zero-order valence-electron chi connectivity index (χ0n) is 11.5. The van der Waals surface area contributed by atoms with Crippen LogP contribution >= 0.6 is 0 Å². The summed E-state index contributed by atoms with van der Waals surface area (Å²) in [6, 6.07) is 14.5. The molecule has 106 valence electrons. The zero-order chi connectivity index (χ0) is 14.4. The van der Waals surface area contributed by atoms with E-state index in [4.69, 9.17) is 15.2 Å². The largest absolute Gasteiger partial charge is 0.508 e. The van der Waals surface area contributed by atoms with Crippen LogP contribution in [-0.2, 0) is 0 Å².